The highest BCUT2D eigenvalue weighted by atomic mass is 15.3. The number of hydrogen-bond donors (Lipinski definition) is 1. The fourth-order valence-corrected chi connectivity index (χ4v) is 1.80. The molecule has 3 rings (SSSR count). The van der Waals surface area contributed by atoms with Gasteiger partial charge in [0.15, 0.2) is 5.65 Å². The van der Waals surface area contributed by atoms with Crippen molar-refractivity contribution in [3.8, 4) is 0 Å². The van der Waals surface area contributed by atoms with Crippen LogP contribution < -0.4 is 5.73 Å². The van der Waals surface area contributed by atoms with Crippen molar-refractivity contribution in [2.45, 2.75) is 25.7 Å². The zero-order valence-electron chi connectivity index (χ0n) is 8.07. The highest BCUT2D eigenvalue weighted by Gasteiger charge is 2.28. The molecular formula is C10H12N4. The Labute approximate surface area is 81.8 Å². The molecular weight excluding hydrogens is 176 g/mol. The molecule has 1 saturated carbocycles. The molecule has 2 N–H and O–H groups in total. The van der Waals surface area contributed by atoms with Crippen LogP contribution in [0, 0.1) is 6.92 Å². The summed E-state index contributed by atoms with van der Waals surface area (Å²) in [5.41, 5.74) is 8.52. The lowest BCUT2D eigenvalue weighted by Gasteiger charge is -2.01. The number of aryl methyl sites for hydroxylation is 1. The van der Waals surface area contributed by atoms with Gasteiger partial charge in [0.1, 0.15) is 5.82 Å². The molecule has 4 nitrogen and oxygen atoms in total. The molecule has 1 aliphatic rings. The largest absolute Gasteiger partial charge is 0.396 e. The molecule has 0 radical (unpaired) electrons. The third-order valence-electron chi connectivity index (χ3n) is 2.64. The third-order valence-corrected chi connectivity index (χ3v) is 2.64. The van der Waals surface area contributed by atoms with Crippen LogP contribution in [0.15, 0.2) is 12.3 Å². The molecule has 0 unspecified atom stereocenters. The molecule has 1 aliphatic carbocycles. The first-order valence-electron chi connectivity index (χ1n) is 4.86. The summed E-state index contributed by atoms with van der Waals surface area (Å²) in [4.78, 5) is 0. The van der Waals surface area contributed by atoms with Gasteiger partial charge in [-0.3, -0.25) is 4.40 Å². The van der Waals surface area contributed by atoms with E-state index in [-0.39, 0.29) is 0 Å². The minimum absolute atomic E-state index is 0.603. The topological polar surface area (TPSA) is 56.2 Å². The van der Waals surface area contributed by atoms with Crippen molar-refractivity contribution in [2.24, 2.45) is 0 Å². The van der Waals surface area contributed by atoms with Crippen molar-refractivity contribution < 1.29 is 0 Å². The molecule has 14 heavy (non-hydrogen) atoms. The van der Waals surface area contributed by atoms with Gasteiger partial charge in [-0.05, 0) is 31.4 Å². The van der Waals surface area contributed by atoms with Crippen LogP contribution in [-0.4, -0.2) is 14.6 Å². The Morgan fingerprint density at radius 2 is 2.21 bits per heavy atom. The predicted molar refractivity (Wildman–Crippen MR) is 54.1 cm³/mol. The predicted octanol–water partition coefficient (Wildman–Crippen LogP) is 1.50. The average Bonchev–Trinajstić information content (AvgIpc) is 2.87. The summed E-state index contributed by atoms with van der Waals surface area (Å²) in [6.45, 7) is 2.03. The van der Waals surface area contributed by atoms with E-state index in [9.17, 15) is 0 Å². The van der Waals surface area contributed by atoms with Gasteiger partial charge in [0.05, 0.1) is 5.69 Å². The van der Waals surface area contributed by atoms with Crippen molar-refractivity contribution in [1.29, 1.82) is 0 Å². The zero-order chi connectivity index (χ0) is 9.71. The van der Waals surface area contributed by atoms with Crippen molar-refractivity contribution in [3.05, 3.63) is 23.7 Å². The van der Waals surface area contributed by atoms with E-state index in [1.165, 1.54) is 12.8 Å². The minimum atomic E-state index is 0.603. The van der Waals surface area contributed by atoms with E-state index in [0.717, 1.165) is 17.0 Å². The molecule has 0 saturated heterocycles. The Morgan fingerprint density at radius 1 is 1.43 bits per heavy atom. The van der Waals surface area contributed by atoms with E-state index in [1.807, 2.05) is 17.4 Å². The highest BCUT2D eigenvalue weighted by molar-refractivity contribution is 5.65. The van der Waals surface area contributed by atoms with Gasteiger partial charge in [-0.25, -0.2) is 0 Å². The van der Waals surface area contributed by atoms with Crippen LogP contribution in [0.4, 0.5) is 5.69 Å². The van der Waals surface area contributed by atoms with Gasteiger partial charge < -0.3 is 5.73 Å². The van der Waals surface area contributed by atoms with Crippen molar-refractivity contribution in [1.82, 2.24) is 14.6 Å². The third kappa shape index (κ3) is 0.999. The Morgan fingerprint density at radius 3 is 2.93 bits per heavy atom. The van der Waals surface area contributed by atoms with Crippen LogP contribution in [0.3, 0.4) is 0 Å². The summed E-state index contributed by atoms with van der Waals surface area (Å²) in [5, 5.41) is 8.30. The molecule has 0 amide bonds. The van der Waals surface area contributed by atoms with Crippen LogP contribution in [0.25, 0.3) is 5.65 Å². The lowest BCUT2D eigenvalue weighted by Crippen LogP contribution is -1.96. The van der Waals surface area contributed by atoms with Gasteiger partial charge in [-0.2, -0.15) is 0 Å². The number of hydrogen-bond acceptors (Lipinski definition) is 3. The minimum Gasteiger partial charge on any atom is -0.396 e. The molecule has 0 atom stereocenters. The smallest absolute Gasteiger partial charge is 0.184 e. The van der Waals surface area contributed by atoms with Gasteiger partial charge in [0.25, 0.3) is 0 Å². The SMILES string of the molecule is Cc1cc(N)c2nnc(C3CC3)n2c1. The maximum Gasteiger partial charge on any atom is 0.184 e. The lowest BCUT2D eigenvalue weighted by molar-refractivity contribution is 0.895. The second-order valence-electron chi connectivity index (χ2n) is 4.00. The summed E-state index contributed by atoms with van der Waals surface area (Å²) in [6, 6.07) is 1.93. The van der Waals surface area contributed by atoms with E-state index in [4.69, 9.17) is 5.73 Å². The number of nitrogen functional groups attached to an aromatic ring is 1. The van der Waals surface area contributed by atoms with Crippen LogP contribution >= 0.6 is 0 Å². The Bertz CT molecular complexity index is 496. The summed E-state index contributed by atoms with van der Waals surface area (Å²) in [6.07, 6.45) is 4.52. The second-order valence-corrected chi connectivity index (χ2v) is 4.00. The summed E-state index contributed by atoms with van der Waals surface area (Å²) >= 11 is 0. The van der Waals surface area contributed by atoms with Gasteiger partial charge in [-0.15, -0.1) is 10.2 Å². The van der Waals surface area contributed by atoms with Gasteiger partial charge in [-0.1, -0.05) is 0 Å². The van der Waals surface area contributed by atoms with Gasteiger partial charge in [0, 0.05) is 12.1 Å². The molecule has 2 aromatic heterocycles. The first-order valence-corrected chi connectivity index (χ1v) is 4.86. The van der Waals surface area contributed by atoms with E-state index >= 15 is 0 Å². The lowest BCUT2D eigenvalue weighted by atomic mass is 10.3. The van der Waals surface area contributed by atoms with E-state index in [2.05, 4.69) is 16.4 Å². The van der Waals surface area contributed by atoms with Crippen molar-refractivity contribution >= 4 is 11.3 Å². The molecule has 2 aromatic rings. The molecule has 1 fully saturated rings. The molecule has 0 bridgehead atoms. The molecule has 0 aliphatic heterocycles. The number of rotatable bonds is 1. The fourth-order valence-electron chi connectivity index (χ4n) is 1.80. The van der Waals surface area contributed by atoms with Crippen LogP contribution in [0.5, 0.6) is 0 Å². The zero-order valence-corrected chi connectivity index (χ0v) is 8.07. The fraction of sp³-hybridized carbons (Fsp3) is 0.400. The molecule has 2 heterocycles. The number of pyridine rings is 1. The maximum absolute atomic E-state index is 5.87. The summed E-state index contributed by atoms with van der Waals surface area (Å²) in [7, 11) is 0. The van der Waals surface area contributed by atoms with Crippen molar-refractivity contribution in [3.63, 3.8) is 0 Å². The Kier molecular flexibility index (Phi) is 1.37. The monoisotopic (exact) mass is 188 g/mol. The van der Waals surface area contributed by atoms with E-state index in [1.54, 1.807) is 0 Å². The van der Waals surface area contributed by atoms with Gasteiger partial charge >= 0.3 is 0 Å². The van der Waals surface area contributed by atoms with Crippen LogP contribution in [0.2, 0.25) is 0 Å². The number of aromatic nitrogens is 3. The Balaban J connectivity index is 2.33. The summed E-state index contributed by atoms with van der Waals surface area (Å²) < 4.78 is 2.03. The quantitative estimate of drug-likeness (QED) is 0.737. The standard InChI is InChI=1S/C10H12N4/c1-6-4-8(11)10-13-12-9(7-2-3-7)14(10)5-6/h4-5,7H,2-3,11H2,1H3. The number of nitrogens with two attached hydrogens (primary N) is 1. The average molecular weight is 188 g/mol. The second kappa shape index (κ2) is 2.47. The number of anilines is 1. The molecule has 0 aromatic carbocycles. The first-order chi connectivity index (χ1) is 6.75. The summed E-state index contributed by atoms with van der Waals surface area (Å²) in [5.74, 6) is 1.67. The molecule has 4 heteroatoms. The normalized spacial score (nSPS) is 16.4. The molecule has 72 valence electrons. The van der Waals surface area contributed by atoms with Gasteiger partial charge in [0.2, 0.25) is 0 Å². The highest BCUT2D eigenvalue weighted by Crippen LogP contribution is 2.39. The van der Waals surface area contributed by atoms with E-state index in [0.29, 0.717) is 11.6 Å². The number of nitrogens with zero attached hydrogens (tertiary/aromatic N) is 3. The van der Waals surface area contributed by atoms with Crippen LogP contribution in [-0.2, 0) is 0 Å². The van der Waals surface area contributed by atoms with Crippen molar-refractivity contribution in [2.75, 3.05) is 5.73 Å². The first kappa shape index (κ1) is 7.79. The van der Waals surface area contributed by atoms with Crippen LogP contribution in [0.1, 0.15) is 30.1 Å². The van der Waals surface area contributed by atoms with E-state index < -0.39 is 0 Å². The number of fused-ring (bicyclic) bond motifs is 1. The maximum atomic E-state index is 5.87. The molecule has 0 spiro atoms. The Hall–Kier alpha value is -1.58.